The molecule has 2 aliphatic rings. The second-order valence-electron chi connectivity index (χ2n) is 8.15. The van der Waals surface area contributed by atoms with Crippen molar-refractivity contribution in [2.45, 2.75) is 32.9 Å². The fourth-order valence-corrected chi connectivity index (χ4v) is 4.62. The lowest BCUT2D eigenvalue weighted by Crippen LogP contribution is -2.47. The second-order valence-corrected chi connectivity index (χ2v) is 8.15. The molecule has 1 aromatic carbocycles. The zero-order valence-corrected chi connectivity index (χ0v) is 19.2. The maximum atomic E-state index is 13.5. The molecule has 1 amide bonds. The molecule has 1 N–H and O–H groups in total. The van der Waals surface area contributed by atoms with E-state index in [-0.39, 0.29) is 36.1 Å². The zero-order chi connectivity index (χ0) is 19.6. The molecule has 2 aromatic rings. The molecule has 9 heteroatoms. The molecule has 0 spiro atoms. The van der Waals surface area contributed by atoms with Gasteiger partial charge in [0.15, 0.2) is 5.82 Å². The van der Waals surface area contributed by atoms with Crippen molar-refractivity contribution in [3.05, 3.63) is 47.6 Å². The number of hydrogen-bond acceptors (Lipinski definition) is 6. The van der Waals surface area contributed by atoms with Crippen molar-refractivity contribution >= 4 is 30.7 Å². The Kier molecular flexibility index (Phi) is 8.67. The van der Waals surface area contributed by atoms with Crippen molar-refractivity contribution in [2.75, 3.05) is 33.2 Å². The van der Waals surface area contributed by atoms with Crippen LogP contribution < -0.4 is 5.32 Å². The lowest BCUT2D eigenvalue weighted by Gasteiger charge is -2.31. The third kappa shape index (κ3) is 4.97. The van der Waals surface area contributed by atoms with Crippen LogP contribution in [-0.4, -0.2) is 59.1 Å². The summed E-state index contributed by atoms with van der Waals surface area (Å²) >= 11 is 0. The average Bonchev–Trinajstić information content (AvgIpc) is 3.37. The van der Waals surface area contributed by atoms with Crippen LogP contribution in [0.25, 0.3) is 0 Å². The number of rotatable bonds is 7. The molecule has 2 atom stereocenters. The topological polar surface area (TPSA) is 74.5 Å². The molecule has 2 fully saturated rings. The summed E-state index contributed by atoms with van der Waals surface area (Å²) in [6.45, 7) is 6.70. The largest absolute Gasteiger partial charge is 0.337 e. The molecule has 0 unspecified atom stereocenters. The molecule has 4 rings (SSSR count). The predicted octanol–water partition coefficient (Wildman–Crippen LogP) is 2.55. The summed E-state index contributed by atoms with van der Waals surface area (Å²) < 4.78 is 5.33. The van der Waals surface area contributed by atoms with Crippen LogP contribution in [0.3, 0.4) is 0 Å². The summed E-state index contributed by atoms with van der Waals surface area (Å²) in [5, 5.41) is 7.44. The highest BCUT2D eigenvalue weighted by molar-refractivity contribution is 5.85. The van der Waals surface area contributed by atoms with Crippen molar-refractivity contribution in [1.29, 1.82) is 0 Å². The van der Waals surface area contributed by atoms with E-state index >= 15 is 0 Å². The van der Waals surface area contributed by atoms with Crippen LogP contribution in [0.1, 0.15) is 30.6 Å². The number of likely N-dealkylation sites (tertiary alicyclic amines) is 1. The Labute approximate surface area is 190 Å². The number of aromatic nitrogens is 2. The van der Waals surface area contributed by atoms with Crippen LogP contribution in [-0.2, 0) is 24.3 Å². The summed E-state index contributed by atoms with van der Waals surface area (Å²) in [6.07, 6.45) is 1.77. The van der Waals surface area contributed by atoms with E-state index in [4.69, 9.17) is 4.52 Å². The second kappa shape index (κ2) is 10.6. The van der Waals surface area contributed by atoms with Crippen LogP contribution in [0.15, 0.2) is 34.9 Å². The Morgan fingerprint density at radius 1 is 1.33 bits per heavy atom. The van der Waals surface area contributed by atoms with E-state index in [0.717, 1.165) is 45.6 Å². The molecule has 0 aliphatic carbocycles. The highest BCUT2D eigenvalue weighted by Gasteiger charge is 2.55. The van der Waals surface area contributed by atoms with Gasteiger partial charge in [0, 0.05) is 52.1 Å². The summed E-state index contributed by atoms with van der Waals surface area (Å²) in [5.74, 6) is 1.74. The number of halogens is 2. The maximum absolute atomic E-state index is 13.5. The third-order valence-corrected chi connectivity index (χ3v) is 5.97. The van der Waals surface area contributed by atoms with Crippen molar-refractivity contribution in [2.24, 2.45) is 11.3 Å². The lowest BCUT2D eigenvalue weighted by molar-refractivity contribution is -0.141. The molecule has 30 heavy (non-hydrogen) atoms. The van der Waals surface area contributed by atoms with Gasteiger partial charge >= 0.3 is 0 Å². The highest BCUT2D eigenvalue weighted by atomic mass is 35.5. The number of hydrogen-bond donors (Lipinski definition) is 1. The van der Waals surface area contributed by atoms with Gasteiger partial charge in [-0.05, 0) is 12.0 Å². The van der Waals surface area contributed by atoms with Gasteiger partial charge in [-0.25, -0.2) is 0 Å². The minimum atomic E-state index is -0.365. The van der Waals surface area contributed by atoms with Gasteiger partial charge in [0.1, 0.15) is 0 Å². The van der Waals surface area contributed by atoms with Gasteiger partial charge in [-0.3, -0.25) is 9.69 Å². The fraction of sp³-hybridized carbons (Fsp3) is 0.571. The first-order chi connectivity index (χ1) is 13.6. The zero-order valence-electron chi connectivity index (χ0n) is 17.5. The summed E-state index contributed by atoms with van der Waals surface area (Å²) in [4.78, 5) is 22.0. The first kappa shape index (κ1) is 24.6. The van der Waals surface area contributed by atoms with Crippen molar-refractivity contribution in [3.63, 3.8) is 0 Å². The number of aryl methyl sites for hydroxylation is 1. The van der Waals surface area contributed by atoms with E-state index in [2.05, 4.69) is 51.5 Å². The normalized spacial score (nSPS) is 22.8. The van der Waals surface area contributed by atoms with Crippen LogP contribution in [0.2, 0.25) is 0 Å². The summed E-state index contributed by atoms with van der Waals surface area (Å²) in [5.41, 5.74) is 0.927. The van der Waals surface area contributed by atoms with E-state index < -0.39 is 0 Å². The van der Waals surface area contributed by atoms with Crippen LogP contribution in [0.4, 0.5) is 0 Å². The van der Waals surface area contributed by atoms with Gasteiger partial charge < -0.3 is 14.7 Å². The highest BCUT2D eigenvalue weighted by Crippen LogP contribution is 2.41. The predicted molar refractivity (Wildman–Crippen MR) is 120 cm³/mol. The lowest BCUT2D eigenvalue weighted by atomic mass is 9.79. The standard InChI is InChI=1S/C21H29N5O2.2ClH/c1-3-7-18-23-19(28-24-18)13-25(2)20(27)21-14-22-10-17(21)12-26(15-21)11-16-8-5-4-6-9-16;;/h4-6,8-9,17,22H,3,7,10-15H2,1-2H3;2*1H/t17-,21-;;/m1../s1. The summed E-state index contributed by atoms with van der Waals surface area (Å²) in [7, 11) is 1.84. The molecule has 166 valence electrons. The smallest absolute Gasteiger partial charge is 0.246 e. The molecule has 7 nitrogen and oxygen atoms in total. The maximum Gasteiger partial charge on any atom is 0.246 e. The minimum Gasteiger partial charge on any atom is -0.337 e. The van der Waals surface area contributed by atoms with Crippen molar-refractivity contribution < 1.29 is 9.32 Å². The minimum absolute atomic E-state index is 0. The van der Waals surface area contributed by atoms with Crippen LogP contribution in [0, 0.1) is 11.3 Å². The van der Waals surface area contributed by atoms with E-state index in [1.165, 1.54) is 5.56 Å². The number of nitrogens with zero attached hydrogens (tertiary/aromatic N) is 4. The van der Waals surface area contributed by atoms with E-state index in [1.807, 2.05) is 13.1 Å². The number of nitrogens with one attached hydrogen (secondary N) is 1. The first-order valence-corrected chi connectivity index (χ1v) is 10.1. The van der Waals surface area contributed by atoms with Crippen LogP contribution >= 0.6 is 24.8 Å². The van der Waals surface area contributed by atoms with E-state index in [9.17, 15) is 4.79 Å². The van der Waals surface area contributed by atoms with Gasteiger partial charge in [-0.1, -0.05) is 42.4 Å². The van der Waals surface area contributed by atoms with Gasteiger partial charge in [0.2, 0.25) is 11.8 Å². The molecule has 2 aliphatic heterocycles. The molecule has 3 heterocycles. The van der Waals surface area contributed by atoms with Crippen LogP contribution in [0.5, 0.6) is 0 Å². The van der Waals surface area contributed by atoms with Gasteiger partial charge in [-0.15, -0.1) is 24.8 Å². The number of amides is 1. The average molecular weight is 456 g/mol. The monoisotopic (exact) mass is 455 g/mol. The Hall–Kier alpha value is -1.67. The number of carbonyl (C=O) groups excluding carboxylic acids is 1. The first-order valence-electron chi connectivity index (χ1n) is 10.1. The number of carbonyl (C=O) groups is 1. The van der Waals surface area contributed by atoms with Gasteiger partial charge in [-0.2, -0.15) is 4.98 Å². The number of benzene rings is 1. The van der Waals surface area contributed by atoms with Crippen molar-refractivity contribution in [3.8, 4) is 0 Å². The number of fused-ring (bicyclic) bond motifs is 1. The Morgan fingerprint density at radius 2 is 2.10 bits per heavy atom. The molecule has 0 radical (unpaired) electrons. The molecular weight excluding hydrogens is 425 g/mol. The Morgan fingerprint density at radius 3 is 2.83 bits per heavy atom. The molecular formula is C21H31Cl2N5O2. The Balaban J connectivity index is 0.00000160. The summed E-state index contributed by atoms with van der Waals surface area (Å²) in [6, 6.07) is 10.5. The van der Waals surface area contributed by atoms with Crippen molar-refractivity contribution in [1.82, 2.24) is 25.3 Å². The molecule has 1 aromatic heterocycles. The van der Waals surface area contributed by atoms with Gasteiger partial charge in [0.25, 0.3) is 0 Å². The third-order valence-electron chi connectivity index (χ3n) is 5.97. The fourth-order valence-electron chi connectivity index (χ4n) is 4.62. The molecule has 0 bridgehead atoms. The quantitative estimate of drug-likeness (QED) is 0.691. The molecule has 2 saturated heterocycles. The van der Waals surface area contributed by atoms with E-state index in [1.54, 1.807) is 4.90 Å². The molecule has 0 saturated carbocycles. The Bertz CT molecular complexity index is 819. The van der Waals surface area contributed by atoms with E-state index in [0.29, 0.717) is 24.2 Å². The SMILES string of the molecule is CCCc1noc(CN(C)C(=O)[C@@]23CNC[C@@H]2CN(Cc2ccccc2)C3)n1.Cl.Cl. The van der Waals surface area contributed by atoms with Gasteiger partial charge in [0.05, 0.1) is 12.0 Å².